The second-order valence-electron chi connectivity index (χ2n) is 5.33. The first-order valence-electron chi connectivity index (χ1n) is 6.83. The largest absolute Gasteiger partial charge is 0.480 e. The van der Waals surface area contributed by atoms with Crippen LogP contribution in [-0.2, 0) is 11.2 Å². The Morgan fingerprint density at radius 1 is 1.47 bits per heavy atom. The maximum Gasteiger partial charge on any atom is 0.329 e. The molecule has 1 atom stereocenters. The number of rotatable bonds is 3. The van der Waals surface area contributed by atoms with Gasteiger partial charge in [-0.2, -0.15) is 0 Å². The number of piperidine rings is 1. The molecule has 1 N–H and O–H groups in total. The molecule has 1 aromatic heterocycles. The van der Waals surface area contributed by atoms with E-state index in [9.17, 15) is 9.90 Å². The lowest BCUT2D eigenvalue weighted by molar-refractivity contribution is -0.143. The summed E-state index contributed by atoms with van der Waals surface area (Å²) in [6.45, 7) is 6.46. The van der Waals surface area contributed by atoms with Crippen molar-refractivity contribution in [3.05, 3.63) is 17.6 Å². The van der Waals surface area contributed by atoms with Gasteiger partial charge in [0, 0.05) is 24.7 Å². The molecule has 2 rings (SSSR count). The van der Waals surface area contributed by atoms with Gasteiger partial charge in [0.15, 0.2) is 0 Å². The van der Waals surface area contributed by atoms with Crippen LogP contribution in [0.2, 0.25) is 0 Å². The Kier molecular flexibility index (Phi) is 3.73. The third-order valence-corrected chi connectivity index (χ3v) is 3.83. The summed E-state index contributed by atoms with van der Waals surface area (Å²) in [5.74, 6) is 0.740. The molecule has 0 saturated carbocycles. The number of aryl methyl sites for hydroxylation is 2. The van der Waals surface area contributed by atoms with Crippen LogP contribution in [0.1, 0.15) is 44.6 Å². The second-order valence-corrected chi connectivity index (χ2v) is 5.33. The molecule has 1 saturated heterocycles. The number of hydrogen-bond donors (Lipinski definition) is 1. The summed E-state index contributed by atoms with van der Waals surface area (Å²) in [5.41, 5.74) is 0.0320. The predicted molar refractivity (Wildman–Crippen MR) is 73.4 cm³/mol. The van der Waals surface area contributed by atoms with Gasteiger partial charge in [-0.25, -0.2) is 14.8 Å². The zero-order chi connectivity index (χ0) is 14.0. The first kappa shape index (κ1) is 13.8. The number of hydrogen-bond acceptors (Lipinski definition) is 4. The molecule has 1 aromatic rings. The monoisotopic (exact) mass is 263 g/mol. The number of aliphatic carboxylic acids is 1. The van der Waals surface area contributed by atoms with Gasteiger partial charge >= 0.3 is 5.97 Å². The molecule has 2 heterocycles. The van der Waals surface area contributed by atoms with E-state index < -0.39 is 11.5 Å². The van der Waals surface area contributed by atoms with Crippen LogP contribution in [0.4, 0.5) is 5.82 Å². The van der Waals surface area contributed by atoms with E-state index in [1.54, 1.807) is 6.92 Å². The lowest BCUT2D eigenvalue weighted by Crippen LogP contribution is -2.55. The Morgan fingerprint density at radius 3 is 2.84 bits per heavy atom. The highest BCUT2D eigenvalue weighted by atomic mass is 16.4. The van der Waals surface area contributed by atoms with Crippen LogP contribution in [0.25, 0.3) is 0 Å². The predicted octanol–water partition coefficient (Wildman–Crippen LogP) is 2.18. The molecule has 5 heteroatoms. The maximum absolute atomic E-state index is 11.6. The van der Waals surface area contributed by atoms with E-state index in [-0.39, 0.29) is 0 Å². The van der Waals surface area contributed by atoms with E-state index in [1.165, 1.54) is 0 Å². The van der Waals surface area contributed by atoms with E-state index in [0.29, 0.717) is 6.42 Å². The highest BCUT2D eigenvalue weighted by Crippen LogP contribution is 2.32. The lowest BCUT2D eigenvalue weighted by atomic mass is 9.88. The minimum Gasteiger partial charge on any atom is -0.480 e. The third kappa shape index (κ3) is 2.55. The fourth-order valence-corrected chi connectivity index (χ4v) is 2.62. The van der Waals surface area contributed by atoms with Crippen molar-refractivity contribution < 1.29 is 9.90 Å². The topological polar surface area (TPSA) is 66.3 Å². The van der Waals surface area contributed by atoms with Crippen molar-refractivity contribution >= 4 is 11.8 Å². The fraction of sp³-hybridized carbons (Fsp3) is 0.643. The van der Waals surface area contributed by atoms with Gasteiger partial charge in [-0.1, -0.05) is 6.92 Å². The van der Waals surface area contributed by atoms with Crippen molar-refractivity contribution in [3.8, 4) is 0 Å². The summed E-state index contributed by atoms with van der Waals surface area (Å²) in [7, 11) is 0. The highest BCUT2D eigenvalue weighted by molar-refractivity contribution is 5.83. The minimum atomic E-state index is -0.857. The standard InChI is InChI=1S/C14H21N3O2/c1-4-11-15-10(2)9-12(16-11)17-8-6-5-7-14(17,3)13(18)19/h9H,4-8H2,1-3H3,(H,18,19). The zero-order valence-electron chi connectivity index (χ0n) is 11.8. The maximum atomic E-state index is 11.6. The molecular formula is C14H21N3O2. The van der Waals surface area contributed by atoms with Gasteiger partial charge in [0.05, 0.1) is 0 Å². The van der Waals surface area contributed by atoms with Gasteiger partial charge in [-0.05, 0) is 33.1 Å². The first-order valence-corrected chi connectivity index (χ1v) is 6.83. The molecule has 0 radical (unpaired) electrons. The Labute approximate surface area is 113 Å². The Hall–Kier alpha value is -1.65. The first-order chi connectivity index (χ1) is 8.97. The zero-order valence-corrected chi connectivity index (χ0v) is 11.8. The molecule has 0 amide bonds. The summed E-state index contributed by atoms with van der Waals surface area (Å²) in [6, 6.07) is 1.88. The van der Waals surface area contributed by atoms with Crippen LogP contribution < -0.4 is 4.90 Å². The van der Waals surface area contributed by atoms with Crippen LogP contribution >= 0.6 is 0 Å². The molecule has 1 aliphatic rings. The summed E-state index contributed by atoms with van der Waals surface area (Å²) in [5, 5.41) is 9.54. The van der Waals surface area contributed by atoms with Crippen molar-refractivity contribution in [2.24, 2.45) is 0 Å². The van der Waals surface area contributed by atoms with Crippen molar-refractivity contribution in [2.75, 3.05) is 11.4 Å². The average Bonchev–Trinajstić information content (AvgIpc) is 2.38. The number of aromatic nitrogens is 2. The second kappa shape index (κ2) is 5.15. The van der Waals surface area contributed by atoms with Crippen LogP contribution in [-0.4, -0.2) is 33.1 Å². The summed E-state index contributed by atoms with van der Waals surface area (Å²) in [4.78, 5) is 22.4. The quantitative estimate of drug-likeness (QED) is 0.905. The van der Waals surface area contributed by atoms with Gasteiger partial charge in [-0.3, -0.25) is 0 Å². The van der Waals surface area contributed by atoms with Crippen molar-refractivity contribution in [2.45, 2.75) is 52.0 Å². The summed E-state index contributed by atoms with van der Waals surface area (Å²) >= 11 is 0. The molecule has 1 unspecified atom stereocenters. The SMILES string of the molecule is CCc1nc(C)cc(N2CCCCC2(C)C(=O)O)n1. The number of carboxylic acids is 1. The van der Waals surface area contributed by atoms with Gasteiger partial charge in [0.25, 0.3) is 0 Å². The molecule has 5 nitrogen and oxygen atoms in total. The van der Waals surface area contributed by atoms with Crippen LogP contribution in [0.15, 0.2) is 6.07 Å². The van der Waals surface area contributed by atoms with Crippen LogP contribution in [0.5, 0.6) is 0 Å². The summed E-state index contributed by atoms with van der Waals surface area (Å²) < 4.78 is 0. The Morgan fingerprint density at radius 2 is 2.21 bits per heavy atom. The van der Waals surface area contributed by atoms with E-state index >= 15 is 0 Å². The van der Waals surface area contributed by atoms with Gasteiger partial charge in [-0.15, -0.1) is 0 Å². The molecule has 1 fully saturated rings. The number of anilines is 1. The van der Waals surface area contributed by atoms with E-state index in [0.717, 1.165) is 43.1 Å². The molecule has 104 valence electrons. The summed E-state index contributed by atoms with van der Waals surface area (Å²) in [6.07, 6.45) is 3.37. The molecule has 1 aliphatic heterocycles. The minimum absolute atomic E-state index is 0.660. The normalized spacial score (nSPS) is 23.4. The van der Waals surface area contributed by atoms with E-state index in [2.05, 4.69) is 9.97 Å². The van der Waals surface area contributed by atoms with Crippen molar-refractivity contribution in [1.29, 1.82) is 0 Å². The Balaban J connectivity index is 2.43. The van der Waals surface area contributed by atoms with Crippen molar-refractivity contribution in [1.82, 2.24) is 9.97 Å². The van der Waals surface area contributed by atoms with Crippen molar-refractivity contribution in [3.63, 3.8) is 0 Å². The van der Waals surface area contributed by atoms with E-state index in [4.69, 9.17) is 0 Å². The number of nitrogens with zero attached hydrogens (tertiary/aromatic N) is 3. The highest BCUT2D eigenvalue weighted by Gasteiger charge is 2.42. The third-order valence-electron chi connectivity index (χ3n) is 3.83. The molecule has 0 aliphatic carbocycles. The smallest absolute Gasteiger partial charge is 0.329 e. The van der Waals surface area contributed by atoms with Gasteiger partial charge in [0.2, 0.25) is 0 Å². The molecule has 0 aromatic carbocycles. The molecule has 19 heavy (non-hydrogen) atoms. The molecule has 0 bridgehead atoms. The molecular weight excluding hydrogens is 242 g/mol. The lowest BCUT2D eigenvalue weighted by Gasteiger charge is -2.42. The fourth-order valence-electron chi connectivity index (χ4n) is 2.62. The number of carbonyl (C=O) groups is 1. The molecule has 0 spiro atoms. The average molecular weight is 263 g/mol. The van der Waals surface area contributed by atoms with E-state index in [1.807, 2.05) is 24.8 Å². The Bertz CT molecular complexity index is 490. The van der Waals surface area contributed by atoms with Crippen LogP contribution in [0, 0.1) is 6.92 Å². The number of carboxylic acid groups (broad SMARTS) is 1. The van der Waals surface area contributed by atoms with Gasteiger partial charge in [0.1, 0.15) is 17.2 Å². The van der Waals surface area contributed by atoms with Gasteiger partial charge < -0.3 is 10.0 Å². The van der Waals surface area contributed by atoms with Crippen LogP contribution in [0.3, 0.4) is 0 Å².